The highest BCUT2D eigenvalue weighted by Crippen LogP contribution is 2.30. The van der Waals surface area contributed by atoms with Gasteiger partial charge in [0.05, 0.1) is 23.4 Å². The van der Waals surface area contributed by atoms with Crippen molar-refractivity contribution in [3.63, 3.8) is 0 Å². The fraction of sp³-hybridized carbons (Fsp3) is 0.400. The number of carbonyl (C=O) groups is 2. The Morgan fingerprint density at radius 3 is 2.61 bits per heavy atom. The molecule has 0 unspecified atom stereocenters. The topological polar surface area (TPSA) is 83.6 Å². The molecule has 33 heavy (non-hydrogen) atoms. The van der Waals surface area contributed by atoms with Gasteiger partial charge in [-0.3, -0.25) is 14.5 Å². The molecule has 1 aliphatic rings. The molecule has 2 heterocycles. The second-order valence-electron chi connectivity index (χ2n) is 8.47. The summed E-state index contributed by atoms with van der Waals surface area (Å²) in [4.78, 5) is 31.8. The zero-order chi connectivity index (χ0) is 23.4. The predicted octanol–water partition coefficient (Wildman–Crippen LogP) is 4.60. The minimum Gasteiger partial charge on any atom is -0.494 e. The summed E-state index contributed by atoms with van der Waals surface area (Å²) in [6, 6.07) is 11.7. The molecule has 2 aromatic carbocycles. The van der Waals surface area contributed by atoms with Crippen molar-refractivity contribution in [2.45, 2.75) is 33.6 Å². The number of thiazole rings is 1. The van der Waals surface area contributed by atoms with Gasteiger partial charge in [-0.2, -0.15) is 0 Å². The van der Waals surface area contributed by atoms with Crippen molar-refractivity contribution in [2.75, 3.05) is 36.9 Å². The van der Waals surface area contributed by atoms with Crippen LogP contribution in [0.25, 0.3) is 10.2 Å². The fourth-order valence-corrected chi connectivity index (χ4v) is 4.90. The largest absolute Gasteiger partial charge is 0.494 e. The number of likely N-dealkylation sites (tertiary alicyclic amines) is 1. The highest BCUT2D eigenvalue weighted by molar-refractivity contribution is 7.22. The maximum absolute atomic E-state index is 12.8. The number of aromatic nitrogens is 1. The van der Waals surface area contributed by atoms with E-state index in [2.05, 4.69) is 27.4 Å². The van der Waals surface area contributed by atoms with E-state index in [9.17, 15) is 9.59 Å². The second-order valence-corrected chi connectivity index (χ2v) is 9.50. The van der Waals surface area contributed by atoms with E-state index in [1.165, 1.54) is 16.9 Å². The zero-order valence-electron chi connectivity index (χ0n) is 19.3. The third kappa shape index (κ3) is 5.89. The normalized spacial score (nSPS) is 14.9. The van der Waals surface area contributed by atoms with Crippen molar-refractivity contribution >= 4 is 44.2 Å². The molecule has 174 valence electrons. The highest BCUT2D eigenvalue weighted by atomic mass is 32.1. The summed E-state index contributed by atoms with van der Waals surface area (Å²) in [5, 5.41) is 6.56. The Kier molecular flexibility index (Phi) is 7.25. The summed E-state index contributed by atoms with van der Waals surface area (Å²) in [5.74, 6) is 0.705. The van der Waals surface area contributed by atoms with Crippen molar-refractivity contribution < 1.29 is 14.3 Å². The van der Waals surface area contributed by atoms with Gasteiger partial charge < -0.3 is 15.4 Å². The first kappa shape index (κ1) is 23.2. The van der Waals surface area contributed by atoms with E-state index in [1.807, 2.05) is 50.2 Å². The molecule has 7 nitrogen and oxygen atoms in total. The molecule has 2 N–H and O–H groups in total. The number of nitrogens with zero attached hydrogens (tertiary/aromatic N) is 2. The molecule has 4 rings (SSSR count). The smallest absolute Gasteiger partial charge is 0.238 e. The van der Waals surface area contributed by atoms with Crippen LogP contribution in [0.3, 0.4) is 0 Å². The summed E-state index contributed by atoms with van der Waals surface area (Å²) in [6.07, 6.45) is 1.45. The molecular weight excluding hydrogens is 436 g/mol. The van der Waals surface area contributed by atoms with Gasteiger partial charge in [-0.05, 0) is 88.2 Å². The number of nitrogens with one attached hydrogen (secondary N) is 2. The number of hydrogen-bond acceptors (Lipinski definition) is 6. The van der Waals surface area contributed by atoms with Crippen LogP contribution in [-0.2, 0) is 9.59 Å². The van der Waals surface area contributed by atoms with Gasteiger partial charge in [-0.1, -0.05) is 17.4 Å². The van der Waals surface area contributed by atoms with Gasteiger partial charge in [-0.15, -0.1) is 0 Å². The number of benzene rings is 2. The van der Waals surface area contributed by atoms with Gasteiger partial charge in [0.25, 0.3) is 0 Å². The SMILES string of the molecule is CCOc1ccc2nc(NC(=O)C3CCN(CC(=O)Nc4ccc(C)c(C)c4)CC3)sc2c1. The minimum atomic E-state index is -0.0740. The number of ether oxygens (including phenoxy) is 1. The van der Waals surface area contributed by atoms with Crippen LogP contribution in [0.15, 0.2) is 36.4 Å². The van der Waals surface area contributed by atoms with Gasteiger partial charge in [-0.25, -0.2) is 4.98 Å². The number of aryl methyl sites for hydroxylation is 2. The number of anilines is 2. The first-order valence-electron chi connectivity index (χ1n) is 11.3. The average Bonchev–Trinajstić information content (AvgIpc) is 3.18. The fourth-order valence-electron chi connectivity index (χ4n) is 4.00. The molecule has 1 fully saturated rings. The van der Waals surface area contributed by atoms with Crippen molar-refractivity contribution in [3.8, 4) is 5.75 Å². The van der Waals surface area contributed by atoms with E-state index in [0.717, 1.165) is 53.1 Å². The van der Waals surface area contributed by atoms with Crippen LogP contribution in [-0.4, -0.2) is 47.9 Å². The van der Waals surface area contributed by atoms with E-state index in [-0.39, 0.29) is 17.7 Å². The van der Waals surface area contributed by atoms with Crippen LogP contribution in [0.2, 0.25) is 0 Å². The third-order valence-electron chi connectivity index (χ3n) is 6.02. The first-order valence-corrected chi connectivity index (χ1v) is 12.2. The van der Waals surface area contributed by atoms with E-state index < -0.39 is 0 Å². The molecule has 1 aliphatic heterocycles. The van der Waals surface area contributed by atoms with Crippen molar-refractivity contribution in [2.24, 2.45) is 5.92 Å². The monoisotopic (exact) mass is 466 g/mol. The molecule has 0 bridgehead atoms. The average molecular weight is 467 g/mol. The highest BCUT2D eigenvalue weighted by Gasteiger charge is 2.26. The van der Waals surface area contributed by atoms with Crippen LogP contribution in [0.5, 0.6) is 5.75 Å². The number of piperidine rings is 1. The molecule has 0 saturated carbocycles. The maximum atomic E-state index is 12.8. The Hall–Kier alpha value is -2.97. The lowest BCUT2D eigenvalue weighted by molar-refractivity contribution is -0.121. The Labute approximate surface area is 198 Å². The van der Waals surface area contributed by atoms with Crippen LogP contribution >= 0.6 is 11.3 Å². The summed E-state index contributed by atoms with van der Waals surface area (Å²) in [5.41, 5.74) is 4.03. The Morgan fingerprint density at radius 2 is 1.88 bits per heavy atom. The molecular formula is C25H30N4O3S. The second kappa shape index (κ2) is 10.3. The van der Waals surface area contributed by atoms with Crippen molar-refractivity contribution in [1.29, 1.82) is 0 Å². The quantitative estimate of drug-likeness (QED) is 0.532. The molecule has 1 aromatic heterocycles. The molecule has 8 heteroatoms. The molecule has 0 aliphatic carbocycles. The van der Waals surface area contributed by atoms with Gasteiger partial charge >= 0.3 is 0 Å². The van der Waals surface area contributed by atoms with Crippen LogP contribution in [0, 0.1) is 19.8 Å². The van der Waals surface area contributed by atoms with Gasteiger partial charge in [0.2, 0.25) is 11.8 Å². The standard InChI is InChI=1S/C25H30N4O3S/c1-4-32-20-7-8-21-22(14-20)33-25(27-21)28-24(31)18-9-11-29(12-10-18)15-23(30)26-19-6-5-16(2)17(3)13-19/h5-8,13-14,18H,4,9-12,15H2,1-3H3,(H,26,30)(H,27,28,31). The van der Waals surface area contributed by atoms with Crippen molar-refractivity contribution in [3.05, 3.63) is 47.5 Å². The molecule has 1 saturated heterocycles. The van der Waals surface area contributed by atoms with Crippen LogP contribution in [0.1, 0.15) is 30.9 Å². The lowest BCUT2D eigenvalue weighted by Gasteiger charge is -2.30. The van der Waals surface area contributed by atoms with Crippen LogP contribution in [0.4, 0.5) is 10.8 Å². The number of fused-ring (bicyclic) bond motifs is 1. The summed E-state index contributed by atoms with van der Waals surface area (Å²) in [7, 11) is 0. The summed E-state index contributed by atoms with van der Waals surface area (Å²) < 4.78 is 6.53. The molecule has 3 aromatic rings. The Morgan fingerprint density at radius 1 is 1.09 bits per heavy atom. The number of carbonyl (C=O) groups excluding carboxylic acids is 2. The lowest BCUT2D eigenvalue weighted by Crippen LogP contribution is -2.41. The van der Waals surface area contributed by atoms with E-state index in [1.54, 1.807) is 0 Å². The summed E-state index contributed by atoms with van der Waals surface area (Å²) in [6.45, 7) is 8.42. The van der Waals surface area contributed by atoms with Gasteiger partial charge in [0.15, 0.2) is 5.13 Å². The van der Waals surface area contributed by atoms with E-state index in [0.29, 0.717) is 18.3 Å². The summed E-state index contributed by atoms with van der Waals surface area (Å²) >= 11 is 1.45. The van der Waals surface area contributed by atoms with E-state index >= 15 is 0 Å². The minimum absolute atomic E-state index is 0.00156. The molecule has 0 spiro atoms. The zero-order valence-corrected chi connectivity index (χ0v) is 20.1. The predicted molar refractivity (Wildman–Crippen MR) is 133 cm³/mol. The van der Waals surface area contributed by atoms with Crippen LogP contribution < -0.4 is 15.4 Å². The van der Waals surface area contributed by atoms with Crippen molar-refractivity contribution in [1.82, 2.24) is 9.88 Å². The molecule has 0 radical (unpaired) electrons. The number of rotatable bonds is 7. The first-order chi connectivity index (χ1) is 15.9. The molecule has 2 amide bonds. The van der Waals surface area contributed by atoms with Gasteiger partial charge in [0, 0.05) is 11.6 Å². The maximum Gasteiger partial charge on any atom is 0.238 e. The van der Waals surface area contributed by atoms with Gasteiger partial charge in [0.1, 0.15) is 5.75 Å². The lowest BCUT2D eigenvalue weighted by atomic mass is 9.96. The third-order valence-corrected chi connectivity index (χ3v) is 6.95. The van der Waals surface area contributed by atoms with E-state index in [4.69, 9.17) is 4.74 Å². The number of amides is 2. The Bertz CT molecular complexity index is 1150. The number of hydrogen-bond donors (Lipinski definition) is 2. The molecule has 0 atom stereocenters. The Balaban J connectivity index is 1.26.